The zero-order valence-corrected chi connectivity index (χ0v) is 4.89. The molecule has 0 aliphatic heterocycles. The van der Waals surface area contributed by atoms with Crippen LogP contribution in [0.2, 0.25) is 0 Å². The average Bonchev–Trinajstić information content (AvgIpc) is 1.62. The first kappa shape index (κ1) is 8.31. The van der Waals surface area contributed by atoms with Crippen molar-refractivity contribution in [2.45, 2.75) is 0 Å². The van der Waals surface area contributed by atoms with Gasteiger partial charge >= 0.3 is 16.4 Å². The van der Waals surface area contributed by atoms with Crippen molar-refractivity contribution in [1.29, 1.82) is 0 Å². The molecule has 0 saturated heterocycles. The van der Waals surface area contributed by atoms with Gasteiger partial charge in [0.15, 0.2) is 6.67 Å². The van der Waals surface area contributed by atoms with Crippen molar-refractivity contribution in [1.82, 2.24) is 0 Å². The van der Waals surface area contributed by atoms with Gasteiger partial charge in [0.05, 0.1) is 0 Å². The highest BCUT2D eigenvalue weighted by molar-refractivity contribution is 7.81. The summed E-state index contributed by atoms with van der Waals surface area (Å²) in [7, 11) is -4.82. The maximum atomic E-state index is 11.1. The minimum absolute atomic E-state index is 1.58. The van der Waals surface area contributed by atoms with E-state index in [2.05, 4.69) is 4.18 Å². The molecular weight excluding hydrogens is 155 g/mol. The van der Waals surface area contributed by atoms with Crippen LogP contribution in [0.25, 0.3) is 0 Å². The summed E-state index contributed by atoms with van der Waals surface area (Å²) in [5.41, 5.74) is 0. The molecule has 0 aromatic rings. The Bertz CT molecular complexity index is 193. The van der Waals surface area contributed by atoms with Crippen LogP contribution in [0.1, 0.15) is 0 Å². The summed E-state index contributed by atoms with van der Waals surface area (Å²) in [6.07, 6.45) is 0. The van der Waals surface area contributed by atoms with Crippen molar-refractivity contribution < 1.29 is 26.3 Å². The third-order valence-electron chi connectivity index (χ3n) is 0.307. The van der Waals surface area contributed by atoms with Gasteiger partial charge in [-0.15, -0.1) is 0 Å². The van der Waals surface area contributed by atoms with Gasteiger partial charge in [0.25, 0.3) is 0 Å². The summed E-state index contributed by atoms with van der Waals surface area (Å²) >= 11 is 0. The number of carbonyl (C=O) groups excluding carboxylic acids is 1. The molecule has 1 N–H and O–H groups in total. The molecule has 54 valence electrons. The second kappa shape index (κ2) is 2.74. The Hall–Kier alpha value is -0.690. The van der Waals surface area contributed by atoms with E-state index in [9.17, 15) is 17.6 Å². The standard InChI is InChI=1S/C2H3FO5S/c3-1-2(4)8-9(5,6)7/h1H2,(H,5,6,7). The Morgan fingerprint density at radius 2 is 2.11 bits per heavy atom. The fraction of sp³-hybridized carbons (Fsp3) is 0.500. The summed E-state index contributed by atoms with van der Waals surface area (Å²) < 4.78 is 40.9. The Balaban J connectivity index is 3.91. The summed E-state index contributed by atoms with van der Waals surface area (Å²) in [5, 5.41) is 0. The van der Waals surface area contributed by atoms with Gasteiger partial charge in [0.2, 0.25) is 0 Å². The van der Waals surface area contributed by atoms with E-state index in [-0.39, 0.29) is 0 Å². The monoisotopic (exact) mass is 158 g/mol. The molecule has 0 aromatic heterocycles. The molecule has 0 aliphatic carbocycles. The van der Waals surface area contributed by atoms with E-state index in [0.717, 1.165) is 0 Å². The van der Waals surface area contributed by atoms with Crippen molar-refractivity contribution >= 4 is 16.4 Å². The molecule has 0 aromatic carbocycles. The Morgan fingerprint density at radius 3 is 2.22 bits per heavy atom. The number of halogens is 1. The predicted molar refractivity (Wildman–Crippen MR) is 23.6 cm³/mol. The van der Waals surface area contributed by atoms with Crippen molar-refractivity contribution in [2.24, 2.45) is 0 Å². The molecule has 0 saturated carbocycles. The lowest BCUT2D eigenvalue weighted by Gasteiger charge is -1.92. The van der Waals surface area contributed by atoms with E-state index in [4.69, 9.17) is 4.55 Å². The van der Waals surface area contributed by atoms with Crippen LogP contribution in [0.4, 0.5) is 4.39 Å². The molecule has 9 heavy (non-hydrogen) atoms. The van der Waals surface area contributed by atoms with Gasteiger partial charge in [-0.1, -0.05) is 0 Å². The average molecular weight is 158 g/mol. The lowest BCUT2D eigenvalue weighted by Crippen LogP contribution is -2.12. The van der Waals surface area contributed by atoms with Crippen molar-refractivity contribution in [3.05, 3.63) is 0 Å². The number of hydrogen-bond acceptors (Lipinski definition) is 4. The molecule has 7 heteroatoms. The highest BCUT2D eigenvalue weighted by atomic mass is 32.3. The first-order chi connectivity index (χ1) is 3.95. The molecule has 0 rings (SSSR count). The first-order valence-corrected chi connectivity index (χ1v) is 3.08. The Morgan fingerprint density at radius 1 is 1.67 bits per heavy atom. The van der Waals surface area contributed by atoms with E-state index in [1.807, 2.05) is 0 Å². The minimum atomic E-state index is -4.82. The lowest BCUT2D eigenvalue weighted by molar-refractivity contribution is -0.135. The van der Waals surface area contributed by atoms with Crippen molar-refractivity contribution in [2.75, 3.05) is 6.67 Å². The van der Waals surface area contributed by atoms with Gasteiger partial charge in [0, 0.05) is 0 Å². The second-order valence-corrected chi connectivity index (χ2v) is 2.04. The van der Waals surface area contributed by atoms with Crippen LogP contribution in [0.3, 0.4) is 0 Å². The molecule has 0 unspecified atom stereocenters. The maximum Gasteiger partial charge on any atom is 0.449 e. The first-order valence-electron chi connectivity index (χ1n) is 1.71. The normalized spacial score (nSPS) is 10.9. The summed E-state index contributed by atoms with van der Waals surface area (Å²) in [4.78, 5) is 9.69. The van der Waals surface area contributed by atoms with Gasteiger partial charge in [-0.25, -0.2) is 9.18 Å². The van der Waals surface area contributed by atoms with Crippen LogP contribution >= 0.6 is 0 Å². The van der Waals surface area contributed by atoms with Gasteiger partial charge in [0.1, 0.15) is 0 Å². The zero-order valence-electron chi connectivity index (χ0n) is 4.07. The van der Waals surface area contributed by atoms with Crippen molar-refractivity contribution in [3.8, 4) is 0 Å². The maximum absolute atomic E-state index is 11.1. The molecule has 0 spiro atoms. The third kappa shape index (κ3) is 5.18. The summed E-state index contributed by atoms with van der Waals surface area (Å²) in [6.45, 7) is -1.58. The smallest absolute Gasteiger partial charge is 0.322 e. The molecular formula is C2H3FO5S. The number of alkyl halides is 1. The summed E-state index contributed by atoms with van der Waals surface area (Å²) in [6, 6.07) is 0. The molecule has 0 fully saturated rings. The fourth-order valence-corrected chi connectivity index (χ4v) is 0.419. The summed E-state index contributed by atoms with van der Waals surface area (Å²) in [5.74, 6) is -1.64. The van der Waals surface area contributed by atoms with Gasteiger partial charge in [-0.05, 0) is 0 Å². The SMILES string of the molecule is O=C(CF)OS(=O)(=O)O. The number of carbonyl (C=O) groups is 1. The highest BCUT2D eigenvalue weighted by Gasteiger charge is 2.11. The minimum Gasteiger partial charge on any atom is -0.322 e. The predicted octanol–water partition coefficient (Wildman–Crippen LogP) is -0.698. The Kier molecular flexibility index (Phi) is 2.53. The quantitative estimate of drug-likeness (QED) is 0.537. The van der Waals surface area contributed by atoms with Gasteiger partial charge in [-0.3, -0.25) is 4.55 Å². The molecule has 0 heterocycles. The molecule has 5 nitrogen and oxygen atoms in total. The van der Waals surface area contributed by atoms with Crippen LogP contribution in [0.5, 0.6) is 0 Å². The van der Waals surface area contributed by atoms with E-state index >= 15 is 0 Å². The van der Waals surface area contributed by atoms with Crippen LogP contribution < -0.4 is 0 Å². The van der Waals surface area contributed by atoms with Crippen LogP contribution in [-0.4, -0.2) is 25.6 Å². The number of hydrogen-bond donors (Lipinski definition) is 1. The fourth-order valence-electron chi connectivity index (χ4n) is 0.140. The highest BCUT2D eigenvalue weighted by Crippen LogP contribution is 1.86. The largest absolute Gasteiger partial charge is 0.449 e. The topological polar surface area (TPSA) is 80.7 Å². The molecule has 0 aliphatic rings. The van der Waals surface area contributed by atoms with E-state index in [1.165, 1.54) is 0 Å². The van der Waals surface area contributed by atoms with Gasteiger partial charge < -0.3 is 4.18 Å². The van der Waals surface area contributed by atoms with Crippen molar-refractivity contribution in [3.63, 3.8) is 0 Å². The second-order valence-electron chi connectivity index (χ2n) is 1.02. The zero-order chi connectivity index (χ0) is 7.49. The number of rotatable bonds is 2. The van der Waals surface area contributed by atoms with Crippen LogP contribution in [0.15, 0.2) is 0 Å². The van der Waals surface area contributed by atoms with E-state index < -0.39 is 23.0 Å². The van der Waals surface area contributed by atoms with Gasteiger partial charge in [-0.2, -0.15) is 8.42 Å². The molecule has 0 bridgehead atoms. The molecule has 0 atom stereocenters. The van der Waals surface area contributed by atoms with Crippen LogP contribution in [-0.2, 0) is 19.4 Å². The van der Waals surface area contributed by atoms with E-state index in [0.29, 0.717) is 0 Å². The molecule has 0 radical (unpaired) electrons. The Labute approximate surface area is 50.4 Å². The van der Waals surface area contributed by atoms with Crippen LogP contribution in [0, 0.1) is 0 Å². The molecule has 0 amide bonds. The third-order valence-corrected chi connectivity index (χ3v) is 0.704. The lowest BCUT2D eigenvalue weighted by atomic mass is 10.8. The van der Waals surface area contributed by atoms with E-state index in [1.54, 1.807) is 0 Å².